The van der Waals surface area contributed by atoms with Crippen LogP contribution in [0, 0.1) is 0 Å². The van der Waals surface area contributed by atoms with Gasteiger partial charge in [-0.25, -0.2) is 0 Å². The van der Waals surface area contributed by atoms with Crippen LogP contribution in [-0.4, -0.2) is 6.54 Å². The van der Waals surface area contributed by atoms with Crippen molar-refractivity contribution >= 4 is 43.2 Å². The maximum atomic E-state index is 3.68. The number of benzene rings is 1. The van der Waals surface area contributed by atoms with E-state index in [9.17, 15) is 0 Å². The molecule has 0 bridgehead atoms. The Balaban J connectivity index is 2.24. The average molecular weight is 431 g/mol. The molecule has 0 fully saturated rings. The minimum atomic E-state index is 0.243. The molecule has 0 aliphatic heterocycles. The highest BCUT2D eigenvalue weighted by Gasteiger charge is 2.18. The molecule has 4 heteroatoms. The number of thiophene rings is 1. The fourth-order valence-electron chi connectivity index (χ4n) is 2.42. The van der Waals surface area contributed by atoms with Crippen molar-refractivity contribution in [1.29, 1.82) is 0 Å². The summed E-state index contributed by atoms with van der Waals surface area (Å²) in [5, 5.41) is 3.59. The summed E-state index contributed by atoms with van der Waals surface area (Å²) in [6, 6.07) is 11.5. The van der Waals surface area contributed by atoms with Gasteiger partial charge in [-0.15, -0.1) is 11.3 Å². The van der Waals surface area contributed by atoms with E-state index in [0.717, 1.165) is 10.3 Å². The van der Waals surface area contributed by atoms with Crippen LogP contribution in [0.3, 0.4) is 0 Å². The SMILES string of the molecule is CCCCc1ccc(C(NCC)c2cc(Br)sc2Br)cc1. The fourth-order valence-corrected chi connectivity index (χ4v) is 5.32. The standard InChI is InChI=1S/C17H21Br2NS/c1-3-5-6-12-7-9-13(10-8-12)16(20-4-2)14-11-15(18)21-17(14)19/h7-11,16,20H,3-6H2,1-2H3. The van der Waals surface area contributed by atoms with Gasteiger partial charge in [0.15, 0.2) is 0 Å². The second-order valence-electron chi connectivity index (χ2n) is 5.12. The van der Waals surface area contributed by atoms with E-state index in [0.29, 0.717) is 0 Å². The predicted molar refractivity (Wildman–Crippen MR) is 100 cm³/mol. The Morgan fingerprint density at radius 1 is 1.14 bits per heavy atom. The molecule has 0 spiro atoms. The maximum Gasteiger partial charge on any atom is 0.0761 e. The van der Waals surface area contributed by atoms with Crippen molar-refractivity contribution < 1.29 is 0 Å². The Labute approximate surface area is 148 Å². The lowest BCUT2D eigenvalue weighted by Gasteiger charge is -2.18. The third kappa shape index (κ3) is 4.65. The topological polar surface area (TPSA) is 12.0 Å². The first-order valence-corrected chi connectivity index (χ1v) is 9.82. The van der Waals surface area contributed by atoms with Crippen molar-refractivity contribution in [3.8, 4) is 0 Å². The number of nitrogens with one attached hydrogen (secondary N) is 1. The Hall–Kier alpha value is -0.160. The zero-order chi connectivity index (χ0) is 15.2. The lowest BCUT2D eigenvalue weighted by Crippen LogP contribution is -2.21. The van der Waals surface area contributed by atoms with Crippen LogP contribution in [0.2, 0.25) is 0 Å². The normalized spacial score (nSPS) is 12.6. The minimum Gasteiger partial charge on any atom is -0.306 e. The summed E-state index contributed by atoms with van der Waals surface area (Å²) < 4.78 is 2.35. The number of hydrogen-bond acceptors (Lipinski definition) is 2. The van der Waals surface area contributed by atoms with Crippen LogP contribution in [0.1, 0.15) is 49.4 Å². The van der Waals surface area contributed by atoms with Gasteiger partial charge in [0.05, 0.1) is 13.6 Å². The summed E-state index contributed by atoms with van der Waals surface area (Å²) in [5.41, 5.74) is 4.06. The molecule has 0 saturated heterocycles. The quantitative estimate of drug-likeness (QED) is 0.542. The van der Waals surface area contributed by atoms with Gasteiger partial charge in [-0.05, 0) is 74.0 Å². The fraction of sp³-hybridized carbons (Fsp3) is 0.412. The van der Waals surface area contributed by atoms with Crippen molar-refractivity contribution in [2.75, 3.05) is 6.54 Å². The van der Waals surface area contributed by atoms with Gasteiger partial charge in [0.1, 0.15) is 0 Å². The zero-order valence-corrected chi connectivity index (χ0v) is 16.4. The molecule has 1 atom stereocenters. The summed E-state index contributed by atoms with van der Waals surface area (Å²) in [4.78, 5) is 0. The summed E-state index contributed by atoms with van der Waals surface area (Å²) in [6.45, 7) is 5.33. The van der Waals surface area contributed by atoms with Gasteiger partial charge in [0.2, 0.25) is 0 Å². The lowest BCUT2D eigenvalue weighted by molar-refractivity contribution is 0.630. The highest BCUT2D eigenvalue weighted by Crippen LogP contribution is 2.37. The van der Waals surface area contributed by atoms with Crippen LogP contribution >= 0.6 is 43.2 Å². The van der Waals surface area contributed by atoms with Gasteiger partial charge in [-0.2, -0.15) is 0 Å². The average Bonchev–Trinajstić information content (AvgIpc) is 2.82. The third-order valence-electron chi connectivity index (χ3n) is 3.53. The molecule has 0 amide bonds. The van der Waals surface area contributed by atoms with Crippen LogP contribution in [0.4, 0.5) is 0 Å². The number of aryl methyl sites for hydroxylation is 1. The van der Waals surface area contributed by atoms with Gasteiger partial charge in [0.25, 0.3) is 0 Å². The van der Waals surface area contributed by atoms with Crippen molar-refractivity contribution in [2.24, 2.45) is 0 Å². The predicted octanol–water partition coefficient (Wildman–Crippen LogP) is 6.31. The van der Waals surface area contributed by atoms with E-state index in [4.69, 9.17) is 0 Å². The van der Waals surface area contributed by atoms with Crippen molar-refractivity contribution in [2.45, 2.75) is 39.2 Å². The third-order valence-corrected chi connectivity index (χ3v) is 5.92. The van der Waals surface area contributed by atoms with Crippen LogP contribution < -0.4 is 5.32 Å². The van der Waals surface area contributed by atoms with Gasteiger partial charge in [-0.1, -0.05) is 44.5 Å². The summed E-state index contributed by atoms with van der Waals surface area (Å²) >= 11 is 8.98. The molecule has 1 heterocycles. The Bertz CT molecular complexity index is 563. The van der Waals surface area contributed by atoms with Crippen molar-refractivity contribution in [3.05, 3.63) is 54.6 Å². The molecule has 1 N–H and O–H groups in total. The molecule has 1 aromatic heterocycles. The highest BCUT2D eigenvalue weighted by molar-refractivity contribution is 9.12. The van der Waals surface area contributed by atoms with Crippen molar-refractivity contribution in [3.63, 3.8) is 0 Å². The molecule has 114 valence electrons. The minimum absolute atomic E-state index is 0.243. The van der Waals surface area contributed by atoms with Crippen molar-refractivity contribution in [1.82, 2.24) is 5.32 Å². The Kier molecular flexibility index (Phi) is 6.93. The highest BCUT2D eigenvalue weighted by atomic mass is 79.9. The lowest BCUT2D eigenvalue weighted by atomic mass is 9.98. The zero-order valence-electron chi connectivity index (χ0n) is 12.5. The summed E-state index contributed by atoms with van der Waals surface area (Å²) in [7, 11) is 0. The van der Waals surface area contributed by atoms with Crippen LogP contribution in [0.5, 0.6) is 0 Å². The first-order valence-electron chi connectivity index (χ1n) is 7.42. The van der Waals surface area contributed by atoms with E-state index in [1.807, 2.05) is 0 Å². The number of unbranched alkanes of at least 4 members (excludes halogenated alkanes) is 1. The molecule has 1 aromatic carbocycles. The van der Waals surface area contributed by atoms with E-state index in [1.165, 1.54) is 39.7 Å². The van der Waals surface area contributed by atoms with E-state index in [1.54, 1.807) is 11.3 Å². The molecular formula is C17H21Br2NS. The second-order valence-corrected chi connectivity index (χ2v) is 8.86. The van der Waals surface area contributed by atoms with Crippen LogP contribution in [-0.2, 0) is 6.42 Å². The van der Waals surface area contributed by atoms with Gasteiger partial charge < -0.3 is 5.32 Å². The largest absolute Gasteiger partial charge is 0.306 e. The van der Waals surface area contributed by atoms with Crippen LogP contribution in [0.15, 0.2) is 37.9 Å². The van der Waals surface area contributed by atoms with E-state index in [-0.39, 0.29) is 6.04 Å². The number of hydrogen-bond donors (Lipinski definition) is 1. The molecule has 0 radical (unpaired) electrons. The molecule has 2 rings (SSSR count). The first kappa shape index (κ1) is 17.2. The molecule has 0 aliphatic carbocycles. The second kappa shape index (κ2) is 8.47. The Morgan fingerprint density at radius 3 is 2.38 bits per heavy atom. The van der Waals surface area contributed by atoms with Gasteiger partial charge in [0, 0.05) is 0 Å². The number of halogens is 2. The molecule has 2 aromatic rings. The molecular weight excluding hydrogens is 410 g/mol. The van der Waals surface area contributed by atoms with Gasteiger partial charge in [-0.3, -0.25) is 0 Å². The molecule has 1 unspecified atom stereocenters. The van der Waals surface area contributed by atoms with E-state index >= 15 is 0 Å². The molecule has 21 heavy (non-hydrogen) atoms. The monoisotopic (exact) mass is 429 g/mol. The molecule has 0 saturated carbocycles. The smallest absolute Gasteiger partial charge is 0.0761 e. The van der Waals surface area contributed by atoms with E-state index in [2.05, 4.69) is 81.4 Å². The molecule has 0 aliphatic rings. The number of rotatable bonds is 7. The molecule has 1 nitrogen and oxygen atoms in total. The maximum absolute atomic E-state index is 3.68. The van der Waals surface area contributed by atoms with Gasteiger partial charge >= 0.3 is 0 Å². The first-order chi connectivity index (χ1) is 10.2. The Morgan fingerprint density at radius 2 is 1.86 bits per heavy atom. The summed E-state index contributed by atoms with van der Waals surface area (Å²) in [5.74, 6) is 0. The summed E-state index contributed by atoms with van der Waals surface area (Å²) in [6.07, 6.45) is 3.69. The van der Waals surface area contributed by atoms with Crippen LogP contribution in [0.25, 0.3) is 0 Å². The van der Waals surface area contributed by atoms with E-state index < -0.39 is 0 Å².